The lowest BCUT2D eigenvalue weighted by Gasteiger charge is -1.74. The number of nitrogens with zero attached hydrogens (tertiary/aromatic N) is 1. The molecule has 0 spiro atoms. The summed E-state index contributed by atoms with van der Waals surface area (Å²) in [5.41, 5.74) is 0. The predicted molar refractivity (Wildman–Crippen MR) is 34.3 cm³/mol. The van der Waals surface area contributed by atoms with E-state index in [0.717, 1.165) is 0 Å². The van der Waals surface area contributed by atoms with Crippen LogP contribution in [0.3, 0.4) is 0 Å². The third-order valence-corrected chi connectivity index (χ3v) is 0. The van der Waals surface area contributed by atoms with Gasteiger partial charge in [-0.25, -0.2) is 0 Å². The average Bonchev–Trinajstić information content (AvgIpc) is 1.19. The quantitative estimate of drug-likeness (QED) is 0.321. The molecular formula is H4ClFNO7S-. The molecule has 0 aliphatic heterocycles. The van der Waals surface area contributed by atoms with Crippen molar-refractivity contribution in [2.75, 3.05) is 0 Å². The van der Waals surface area contributed by atoms with E-state index in [-0.39, 0.29) is 17.1 Å². The smallest absolute Gasteiger partial charge is 0.356 e. The summed E-state index contributed by atoms with van der Waals surface area (Å²) < 4.78 is 31.6. The molecule has 0 saturated heterocycles. The van der Waals surface area contributed by atoms with Crippen molar-refractivity contribution in [3.63, 3.8) is 0 Å². The van der Waals surface area contributed by atoms with Gasteiger partial charge in [-0.1, -0.05) is 0 Å². The monoisotopic (exact) mass is 216 g/mol. The third-order valence-electron chi connectivity index (χ3n) is 0. The highest BCUT2D eigenvalue weighted by Gasteiger charge is 1.84. The van der Waals surface area contributed by atoms with E-state index >= 15 is 0 Å². The van der Waals surface area contributed by atoms with Gasteiger partial charge in [-0.2, -0.15) is 8.42 Å². The van der Waals surface area contributed by atoms with Gasteiger partial charge in [0.15, 0.2) is 0 Å². The summed E-state index contributed by atoms with van der Waals surface area (Å²) in [7, 11) is -4.67. The molecule has 0 amide bonds. The second-order valence-electron chi connectivity index (χ2n) is 0.671. The molecule has 0 atom stereocenters. The minimum absolute atomic E-state index is 0. The molecule has 0 aromatic heterocycles. The van der Waals surface area contributed by atoms with Crippen molar-refractivity contribution in [1.82, 2.24) is 0 Å². The fraction of sp³-hybridized carbons (Fsp3) is 0. The summed E-state index contributed by atoms with van der Waals surface area (Å²) in [5, 5.41) is 14.8. The van der Waals surface area contributed by atoms with Crippen molar-refractivity contribution in [3.05, 3.63) is 15.3 Å². The van der Waals surface area contributed by atoms with E-state index in [4.69, 9.17) is 32.8 Å². The number of hydrogen-bond donors (Lipinski definition) is 2. The van der Waals surface area contributed by atoms with Gasteiger partial charge in [0, 0.05) is 0 Å². The Labute approximate surface area is 66.3 Å². The first-order valence-corrected chi connectivity index (χ1v) is 2.64. The van der Waals surface area contributed by atoms with Crippen LogP contribution in [0.25, 0.3) is 0 Å². The first-order chi connectivity index (χ1) is 3.73. The highest BCUT2D eigenvalue weighted by molar-refractivity contribution is 7.79. The van der Waals surface area contributed by atoms with Crippen molar-refractivity contribution in [1.29, 1.82) is 0 Å². The van der Waals surface area contributed by atoms with Crippen LogP contribution < -0.4 is 0 Å². The van der Waals surface area contributed by atoms with Crippen molar-refractivity contribution >= 4 is 22.8 Å². The van der Waals surface area contributed by atoms with Gasteiger partial charge in [-0.3, -0.25) is 13.8 Å². The molecule has 11 heavy (non-hydrogen) atoms. The van der Waals surface area contributed by atoms with Crippen LogP contribution in [0.4, 0.5) is 4.70 Å². The van der Waals surface area contributed by atoms with E-state index in [2.05, 4.69) is 0 Å². The summed E-state index contributed by atoms with van der Waals surface area (Å²) in [6, 6.07) is 0. The SMILES string of the molecule is Cl.F.O=S(=O)(O)O.O=[N+]([O-])[O-]. The van der Waals surface area contributed by atoms with Crippen molar-refractivity contribution in [2.24, 2.45) is 0 Å². The topological polar surface area (TPSA) is 141 Å². The van der Waals surface area contributed by atoms with E-state index in [9.17, 15) is 0 Å². The largest absolute Gasteiger partial charge is 0.394 e. The van der Waals surface area contributed by atoms with Gasteiger partial charge >= 0.3 is 10.4 Å². The zero-order valence-electron chi connectivity index (χ0n) is 4.61. The van der Waals surface area contributed by atoms with Gasteiger partial charge in [-0.05, 0) is 0 Å². The summed E-state index contributed by atoms with van der Waals surface area (Å²) >= 11 is 0. The number of hydrogen-bond acceptors (Lipinski definition) is 5. The second-order valence-corrected chi connectivity index (χ2v) is 1.57. The van der Waals surface area contributed by atoms with E-state index in [0.29, 0.717) is 0 Å². The fourth-order valence-electron chi connectivity index (χ4n) is 0. The van der Waals surface area contributed by atoms with Crippen LogP contribution in [-0.4, -0.2) is 22.6 Å². The highest BCUT2D eigenvalue weighted by Crippen LogP contribution is 1.59. The summed E-state index contributed by atoms with van der Waals surface area (Å²) in [5.74, 6) is 0. The van der Waals surface area contributed by atoms with Crippen LogP contribution in [0.1, 0.15) is 0 Å². The van der Waals surface area contributed by atoms with Crippen LogP contribution in [0.5, 0.6) is 0 Å². The molecule has 0 radical (unpaired) electrons. The molecule has 11 heteroatoms. The Hall–Kier alpha value is -0.710. The Kier molecular flexibility index (Phi) is 19.0. The Balaban J connectivity index is -0.0000000383. The molecule has 8 nitrogen and oxygen atoms in total. The van der Waals surface area contributed by atoms with Gasteiger partial charge in [0.1, 0.15) is 0 Å². The van der Waals surface area contributed by atoms with Gasteiger partial charge < -0.3 is 15.3 Å². The normalized spacial score (nSPS) is 7.45. The molecule has 0 aromatic rings. The maximum absolute atomic E-state index is 8.74. The minimum Gasteiger partial charge on any atom is -0.356 e. The Morgan fingerprint density at radius 1 is 1.18 bits per heavy atom. The van der Waals surface area contributed by atoms with E-state index < -0.39 is 15.5 Å². The predicted octanol–water partition coefficient (Wildman–Crippen LogP) is -0.318. The lowest BCUT2D eigenvalue weighted by atomic mass is 13.1. The second kappa shape index (κ2) is 9.29. The fourth-order valence-corrected chi connectivity index (χ4v) is 0. The molecule has 0 heterocycles. The first kappa shape index (κ1) is 22.4. The van der Waals surface area contributed by atoms with Crippen molar-refractivity contribution < 1.29 is 27.3 Å². The van der Waals surface area contributed by atoms with Gasteiger partial charge in [-0.15, -0.1) is 12.4 Å². The third kappa shape index (κ3) is 979. The molecule has 0 bridgehead atoms. The van der Waals surface area contributed by atoms with Gasteiger partial charge in [0.2, 0.25) is 0 Å². The molecule has 0 unspecified atom stereocenters. The summed E-state index contributed by atoms with van der Waals surface area (Å²) in [6.07, 6.45) is 0. The first-order valence-electron chi connectivity index (χ1n) is 1.25. The summed E-state index contributed by atoms with van der Waals surface area (Å²) in [6.45, 7) is 0. The molecule has 0 aliphatic rings. The number of rotatable bonds is 0. The lowest BCUT2D eigenvalue weighted by Crippen LogP contribution is -1.89. The van der Waals surface area contributed by atoms with Gasteiger partial charge in [0.25, 0.3) is 0 Å². The maximum Gasteiger partial charge on any atom is 0.394 e. The standard InChI is InChI=1S/ClH.FH.NO3.H2O4S/c;;2-1(3)4;1-5(2,3)4/h2*1H;;(H2,1,2,3,4)/q;;-1;. The van der Waals surface area contributed by atoms with Gasteiger partial charge in [0.05, 0.1) is 5.09 Å². The van der Waals surface area contributed by atoms with E-state index in [1.807, 2.05) is 0 Å². The van der Waals surface area contributed by atoms with Crippen LogP contribution in [0, 0.1) is 15.3 Å². The number of halogens is 2. The molecule has 0 saturated carbocycles. The van der Waals surface area contributed by atoms with Crippen LogP contribution in [0.2, 0.25) is 0 Å². The maximum atomic E-state index is 8.74. The molecule has 2 N–H and O–H groups in total. The molecule has 0 aliphatic carbocycles. The van der Waals surface area contributed by atoms with E-state index in [1.54, 1.807) is 0 Å². The van der Waals surface area contributed by atoms with Crippen LogP contribution in [-0.2, 0) is 10.4 Å². The van der Waals surface area contributed by atoms with Crippen molar-refractivity contribution in [3.8, 4) is 0 Å². The Morgan fingerprint density at radius 3 is 1.18 bits per heavy atom. The Bertz CT molecular complexity index is 161. The average molecular weight is 217 g/mol. The van der Waals surface area contributed by atoms with E-state index in [1.165, 1.54) is 0 Å². The Morgan fingerprint density at radius 2 is 1.18 bits per heavy atom. The lowest BCUT2D eigenvalue weighted by molar-refractivity contribution is -0.402. The van der Waals surface area contributed by atoms with Crippen LogP contribution in [0.15, 0.2) is 0 Å². The van der Waals surface area contributed by atoms with Crippen molar-refractivity contribution in [2.45, 2.75) is 0 Å². The van der Waals surface area contributed by atoms with Crippen LogP contribution >= 0.6 is 12.4 Å². The molecule has 72 valence electrons. The zero-order valence-corrected chi connectivity index (χ0v) is 6.24. The molecule has 0 fully saturated rings. The summed E-state index contributed by atoms with van der Waals surface area (Å²) in [4.78, 5) is 8.25. The minimum atomic E-state index is -4.67. The zero-order chi connectivity index (χ0) is 8.08. The molecular weight excluding hydrogens is 213 g/mol. The molecule has 0 aromatic carbocycles. The highest BCUT2D eigenvalue weighted by atomic mass is 35.5. The molecule has 0 rings (SSSR count).